The first-order chi connectivity index (χ1) is 11.2. The van der Waals surface area contributed by atoms with E-state index in [0.717, 1.165) is 17.8 Å². The van der Waals surface area contributed by atoms with E-state index >= 15 is 0 Å². The van der Waals surface area contributed by atoms with Gasteiger partial charge in [-0.15, -0.1) is 0 Å². The zero-order valence-electron chi connectivity index (χ0n) is 15.1. The van der Waals surface area contributed by atoms with E-state index in [2.05, 4.69) is 10.6 Å². The van der Waals surface area contributed by atoms with Gasteiger partial charge in [-0.1, -0.05) is 0 Å². The van der Waals surface area contributed by atoms with Crippen LogP contribution in [0.3, 0.4) is 0 Å². The van der Waals surface area contributed by atoms with Crippen molar-refractivity contribution in [2.75, 3.05) is 23.9 Å². The van der Waals surface area contributed by atoms with Gasteiger partial charge < -0.3 is 20.3 Å². The lowest BCUT2D eigenvalue weighted by Crippen LogP contribution is -2.47. The van der Waals surface area contributed by atoms with E-state index in [4.69, 9.17) is 4.74 Å². The molecule has 6 nitrogen and oxygen atoms in total. The highest BCUT2D eigenvalue weighted by molar-refractivity contribution is 5.97. The van der Waals surface area contributed by atoms with Crippen LogP contribution >= 0.6 is 0 Å². The van der Waals surface area contributed by atoms with Crippen molar-refractivity contribution in [3.8, 4) is 5.75 Å². The van der Waals surface area contributed by atoms with Crippen molar-refractivity contribution in [1.82, 2.24) is 5.32 Å². The molecule has 1 aromatic carbocycles. The van der Waals surface area contributed by atoms with Crippen LogP contribution in [0.4, 0.5) is 11.4 Å². The number of anilines is 2. The lowest BCUT2D eigenvalue weighted by atomic mass is 10.1. The molecule has 1 aliphatic rings. The summed E-state index contributed by atoms with van der Waals surface area (Å²) in [6, 6.07) is 5.17. The zero-order valence-corrected chi connectivity index (χ0v) is 15.1. The van der Waals surface area contributed by atoms with Crippen LogP contribution < -0.4 is 20.3 Å². The minimum absolute atomic E-state index is 0.0692. The third-order valence-electron chi connectivity index (χ3n) is 3.82. The molecule has 2 rings (SSSR count). The van der Waals surface area contributed by atoms with Gasteiger partial charge >= 0.3 is 0 Å². The number of nitrogens with one attached hydrogen (secondary N) is 2. The van der Waals surface area contributed by atoms with Crippen molar-refractivity contribution in [2.24, 2.45) is 0 Å². The number of methoxy groups -OCH3 is 1. The number of rotatable bonds is 5. The van der Waals surface area contributed by atoms with E-state index in [1.54, 1.807) is 12.0 Å². The molecule has 1 heterocycles. The van der Waals surface area contributed by atoms with Gasteiger partial charge in [-0.05, 0) is 46.2 Å². The quantitative estimate of drug-likeness (QED) is 0.869. The van der Waals surface area contributed by atoms with Gasteiger partial charge in [0.05, 0.1) is 12.8 Å². The van der Waals surface area contributed by atoms with Gasteiger partial charge in [-0.2, -0.15) is 0 Å². The van der Waals surface area contributed by atoms with Gasteiger partial charge in [0.25, 0.3) is 0 Å². The largest absolute Gasteiger partial charge is 0.494 e. The molecule has 0 spiro atoms. The maximum atomic E-state index is 12.2. The van der Waals surface area contributed by atoms with Crippen LogP contribution in [-0.2, 0) is 9.59 Å². The Labute approximate surface area is 143 Å². The van der Waals surface area contributed by atoms with E-state index in [-0.39, 0.29) is 23.4 Å². The summed E-state index contributed by atoms with van der Waals surface area (Å²) in [7, 11) is 1.58. The molecule has 24 heavy (non-hydrogen) atoms. The first-order valence-electron chi connectivity index (χ1n) is 8.28. The van der Waals surface area contributed by atoms with Crippen molar-refractivity contribution >= 4 is 23.2 Å². The maximum Gasteiger partial charge on any atom is 0.242 e. The molecule has 2 N–H and O–H groups in total. The Bertz CT molecular complexity index is 622. The standard InChI is InChI=1S/C18H27N3O3/c1-12(17(23)20-18(2,3)4)19-13-8-9-14(15(11-13)24-5)21-10-6-7-16(21)22/h8-9,11-12,19H,6-7,10H2,1-5H3,(H,20,23). The summed E-state index contributed by atoms with van der Waals surface area (Å²) in [6.45, 7) is 8.37. The Morgan fingerprint density at radius 2 is 2.04 bits per heavy atom. The molecule has 132 valence electrons. The number of amides is 2. The molecular weight excluding hydrogens is 306 g/mol. The highest BCUT2D eigenvalue weighted by Gasteiger charge is 2.25. The van der Waals surface area contributed by atoms with Crippen molar-refractivity contribution < 1.29 is 14.3 Å². The molecule has 6 heteroatoms. The highest BCUT2D eigenvalue weighted by atomic mass is 16.5. The summed E-state index contributed by atoms with van der Waals surface area (Å²) < 4.78 is 5.43. The molecule has 1 unspecified atom stereocenters. The molecule has 0 aromatic heterocycles. The Kier molecular flexibility index (Phi) is 5.36. The average Bonchev–Trinajstić information content (AvgIpc) is 2.91. The number of nitrogens with zero attached hydrogens (tertiary/aromatic N) is 1. The molecule has 1 aromatic rings. The fourth-order valence-electron chi connectivity index (χ4n) is 2.69. The van der Waals surface area contributed by atoms with E-state index in [1.807, 2.05) is 45.9 Å². The molecule has 1 atom stereocenters. The minimum atomic E-state index is -0.381. The molecular formula is C18H27N3O3. The molecule has 1 fully saturated rings. The van der Waals surface area contributed by atoms with Gasteiger partial charge in [0.15, 0.2) is 0 Å². The number of hydrogen-bond donors (Lipinski definition) is 2. The number of carbonyl (C=O) groups is 2. The molecule has 1 aliphatic heterocycles. The molecule has 0 radical (unpaired) electrons. The van der Waals surface area contributed by atoms with Gasteiger partial charge in [0, 0.05) is 30.3 Å². The Morgan fingerprint density at radius 1 is 1.33 bits per heavy atom. The Hall–Kier alpha value is -2.24. The number of ether oxygens (including phenoxy) is 1. The predicted octanol–water partition coefficient (Wildman–Crippen LogP) is 2.54. The van der Waals surface area contributed by atoms with Crippen LogP contribution in [0.1, 0.15) is 40.5 Å². The first kappa shape index (κ1) is 18.1. The second-order valence-corrected chi connectivity index (χ2v) is 7.14. The lowest BCUT2D eigenvalue weighted by Gasteiger charge is -2.25. The van der Waals surface area contributed by atoms with Gasteiger partial charge in [0.1, 0.15) is 11.8 Å². The van der Waals surface area contributed by atoms with Crippen molar-refractivity contribution in [3.05, 3.63) is 18.2 Å². The highest BCUT2D eigenvalue weighted by Crippen LogP contribution is 2.34. The smallest absolute Gasteiger partial charge is 0.242 e. The van der Waals surface area contributed by atoms with Gasteiger partial charge in [-0.3, -0.25) is 9.59 Å². The summed E-state index contributed by atoms with van der Waals surface area (Å²) in [6.07, 6.45) is 1.44. The van der Waals surface area contributed by atoms with E-state index < -0.39 is 0 Å². The van der Waals surface area contributed by atoms with E-state index in [1.165, 1.54) is 0 Å². The summed E-state index contributed by atoms with van der Waals surface area (Å²) >= 11 is 0. The van der Waals surface area contributed by atoms with Crippen molar-refractivity contribution in [1.29, 1.82) is 0 Å². The van der Waals surface area contributed by atoms with Crippen LogP contribution in [0.15, 0.2) is 18.2 Å². The number of carbonyl (C=O) groups excluding carboxylic acids is 2. The van der Waals surface area contributed by atoms with E-state index in [9.17, 15) is 9.59 Å². The van der Waals surface area contributed by atoms with E-state index in [0.29, 0.717) is 18.7 Å². The Morgan fingerprint density at radius 3 is 2.58 bits per heavy atom. The Balaban J connectivity index is 2.12. The van der Waals surface area contributed by atoms with Crippen LogP contribution in [0.2, 0.25) is 0 Å². The molecule has 1 saturated heterocycles. The third kappa shape index (κ3) is 4.40. The number of hydrogen-bond acceptors (Lipinski definition) is 4. The topological polar surface area (TPSA) is 70.7 Å². The van der Waals surface area contributed by atoms with Crippen LogP contribution in [0.5, 0.6) is 5.75 Å². The molecule has 0 aliphatic carbocycles. The van der Waals surface area contributed by atoms with Gasteiger partial charge in [0.2, 0.25) is 11.8 Å². The average molecular weight is 333 g/mol. The zero-order chi connectivity index (χ0) is 17.9. The van der Waals surface area contributed by atoms with Crippen molar-refractivity contribution in [2.45, 2.75) is 52.1 Å². The third-order valence-corrected chi connectivity index (χ3v) is 3.82. The minimum Gasteiger partial charge on any atom is -0.494 e. The summed E-state index contributed by atoms with van der Waals surface area (Å²) in [5.41, 5.74) is 1.28. The second kappa shape index (κ2) is 7.11. The SMILES string of the molecule is COc1cc(NC(C)C(=O)NC(C)(C)C)ccc1N1CCCC1=O. The normalized spacial score (nSPS) is 16.0. The molecule has 0 saturated carbocycles. The fourth-order valence-corrected chi connectivity index (χ4v) is 2.69. The predicted molar refractivity (Wildman–Crippen MR) is 95.6 cm³/mol. The van der Waals surface area contributed by atoms with Gasteiger partial charge in [-0.25, -0.2) is 0 Å². The summed E-state index contributed by atoms with van der Waals surface area (Å²) in [5, 5.41) is 6.12. The number of benzene rings is 1. The lowest BCUT2D eigenvalue weighted by molar-refractivity contribution is -0.123. The maximum absolute atomic E-state index is 12.2. The van der Waals surface area contributed by atoms with Crippen LogP contribution in [0.25, 0.3) is 0 Å². The molecule has 2 amide bonds. The summed E-state index contributed by atoms with van der Waals surface area (Å²) in [5.74, 6) is 0.672. The van der Waals surface area contributed by atoms with Crippen LogP contribution in [0, 0.1) is 0 Å². The van der Waals surface area contributed by atoms with Crippen molar-refractivity contribution in [3.63, 3.8) is 0 Å². The monoisotopic (exact) mass is 333 g/mol. The second-order valence-electron chi connectivity index (χ2n) is 7.14. The summed E-state index contributed by atoms with van der Waals surface area (Å²) in [4.78, 5) is 25.9. The fraction of sp³-hybridized carbons (Fsp3) is 0.556. The molecule has 0 bridgehead atoms. The van der Waals surface area contributed by atoms with Crippen LogP contribution in [-0.4, -0.2) is 37.0 Å². The first-order valence-corrected chi connectivity index (χ1v) is 8.28.